The van der Waals surface area contributed by atoms with E-state index in [0.717, 1.165) is 5.56 Å². The van der Waals surface area contributed by atoms with Crippen molar-refractivity contribution in [3.63, 3.8) is 0 Å². The summed E-state index contributed by atoms with van der Waals surface area (Å²) in [5.41, 5.74) is 1.63. The van der Waals surface area contributed by atoms with Crippen LogP contribution in [0.25, 0.3) is 17.2 Å². The Balaban J connectivity index is 1.41. The zero-order valence-corrected chi connectivity index (χ0v) is 20.5. The van der Waals surface area contributed by atoms with Crippen LogP contribution in [0.4, 0.5) is 10.6 Å². The number of carbonyl (C=O) groups is 1. The SMILES string of the molecule is CCNC(=O)Nc1ncnc2c1ncn2C1OC(COP(=O)(O)O)C2OC(/C=C/c3ccccc3)OC21. The zero-order chi connectivity index (χ0) is 26.0. The van der Waals surface area contributed by atoms with E-state index in [1.54, 1.807) is 17.6 Å². The van der Waals surface area contributed by atoms with Crippen LogP contribution in [0.2, 0.25) is 0 Å². The molecule has 2 fully saturated rings. The highest BCUT2D eigenvalue weighted by Crippen LogP contribution is 2.43. The molecule has 37 heavy (non-hydrogen) atoms. The first-order chi connectivity index (χ1) is 17.8. The molecule has 2 saturated heterocycles. The van der Waals surface area contributed by atoms with Gasteiger partial charge in [-0.15, -0.1) is 0 Å². The standard InChI is InChI=1S/C22H25N6O8P/c1-2-23-22(29)27-19-16-20(25-11-24-19)28(12-26-16)21-18-17(14(34-21)10-33-37(30,31)32)35-15(36-18)9-8-13-6-4-3-5-7-13/h3-9,11-12,14-15,17-18,21H,2,10H2,1H3,(H2,30,31,32)(H2,23,24,25,27,29)/b9-8+. The molecule has 1 aromatic carbocycles. The molecule has 0 bridgehead atoms. The zero-order valence-electron chi connectivity index (χ0n) is 19.6. The van der Waals surface area contributed by atoms with E-state index in [1.165, 1.54) is 12.7 Å². The predicted molar refractivity (Wildman–Crippen MR) is 129 cm³/mol. The van der Waals surface area contributed by atoms with Crippen molar-refractivity contribution < 1.29 is 37.9 Å². The topological polar surface area (TPSA) is 179 Å². The average Bonchev–Trinajstić information content (AvgIpc) is 3.56. The first-order valence-corrected chi connectivity index (χ1v) is 13.0. The van der Waals surface area contributed by atoms with Gasteiger partial charge in [0.2, 0.25) is 0 Å². The summed E-state index contributed by atoms with van der Waals surface area (Å²) in [7, 11) is -4.74. The average molecular weight is 532 g/mol. The molecule has 14 nitrogen and oxygen atoms in total. The number of nitrogens with one attached hydrogen (secondary N) is 2. The maximum absolute atomic E-state index is 12.0. The lowest BCUT2D eigenvalue weighted by molar-refractivity contribution is -0.132. The number of nitrogens with zero attached hydrogens (tertiary/aromatic N) is 4. The second kappa shape index (κ2) is 10.6. The summed E-state index contributed by atoms with van der Waals surface area (Å²) in [5, 5.41) is 5.25. The molecule has 3 aromatic rings. The number of imidazole rings is 1. The lowest BCUT2D eigenvalue weighted by Crippen LogP contribution is -2.31. The normalized spacial score (nSPS) is 25.5. The number of hydrogen-bond donors (Lipinski definition) is 4. The van der Waals surface area contributed by atoms with Crippen LogP contribution < -0.4 is 10.6 Å². The van der Waals surface area contributed by atoms with Gasteiger partial charge in [0.25, 0.3) is 0 Å². The number of urea groups is 1. The van der Waals surface area contributed by atoms with Crippen LogP contribution in [0.15, 0.2) is 49.1 Å². The van der Waals surface area contributed by atoms with Crippen molar-refractivity contribution in [2.75, 3.05) is 18.5 Å². The maximum atomic E-state index is 12.0. The largest absolute Gasteiger partial charge is 0.469 e. The third kappa shape index (κ3) is 5.70. The number of benzene rings is 1. The van der Waals surface area contributed by atoms with E-state index in [-0.39, 0.29) is 5.82 Å². The number of phosphoric acid groups is 1. The molecule has 5 atom stereocenters. The van der Waals surface area contributed by atoms with E-state index >= 15 is 0 Å². The minimum atomic E-state index is -4.74. The van der Waals surface area contributed by atoms with Gasteiger partial charge in [-0.2, -0.15) is 0 Å². The molecule has 0 saturated carbocycles. The molecule has 2 aliphatic heterocycles. The molecular weight excluding hydrogens is 507 g/mol. The summed E-state index contributed by atoms with van der Waals surface area (Å²) in [6.45, 7) is 1.80. The van der Waals surface area contributed by atoms with Crippen molar-refractivity contribution in [1.29, 1.82) is 0 Å². The Hall–Kier alpha value is -3.23. The Kier molecular flexibility index (Phi) is 7.31. The van der Waals surface area contributed by atoms with Gasteiger partial charge < -0.3 is 29.3 Å². The number of rotatable bonds is 8. The Labute approximate surface area is 210 Å². The summed E-state index contributed by atoms with van der Waals surface area (Å²) < 4.78 is 35.9. The van der Waals surface area contributed by atoms with Crippen molar-refractivity contribution in [2.24, 2.45) is 0 Å². The second-order valence-corrected chi connectivity index (χ2v) is 9.46. The highest BCUT2D eigenvalue weighted by atomic mass is 31.2. The van der Waals surface area contributed by atoms with Gasteiger partial charge >= 0.3 is 13.9 Å². The van der Waals surface area contributed by atoms with Crippen LogP contribution in [0.1, 0.15) is 18.7 Å². The van der Waals surface area contributed by atoms with Gasteiger partial charge in [0.15, 0.2) is 29.5 Å². The van der Waals surface area contributed by atoms with Crippen molar-refractivity contribution in [3.8, 4) is 0 Å². The van der Waals surface area contributed by atoms with Gasteiger partial charge in [0.05, 0.1) is 12.9 Å². The molecule has 2 amide bonds. The number of aromatic nitrogens is 4. The van der Waals surface area contributed by atoms with Crippen molar-refractivity contribution in [2.45, 2.75) is 37.8 Å². The summed E-state index contributed by atoms with van der Waals surface area (Å²) in [4.78, 5) is 43.1. The van der Waals surface area contributed by atoms with Crippen LogP contribution in [0.3, 0.4) is 0 Å². The second-order valence-electron chi connectivity index (χ2n) is 8.22. The molecule has 5 rings (SSSR count). The Morgan fingerprint density at radius 1 is 1.16 bits per heavy atom. The van der Waals surface area contributed by atoms with Gasteiger partial charge in [0, 0.05) is 6.54 Å². The number of hydrogen-bond acceptors (Lipinski definition) is 9. The molecule has 4 heterocycles. The van der Waals surface area contributed by atoms with Gasteiger partial charge in [0.1, 0.15) is 24.6 Å². The monoisotopic (exact) mass is 532 g/mol. The van der Waals surface area contributed by atoms with Gasteiger partial charge in [-0.3, -0.25) is 14.4 Å². The molecule has 4 N–H and O–H groups in total. The van der Waals surface area contributed by atoms with E-state index in [2.05, 4.69) is 25.6 Å². The fourth-order valence-electron chi connectivity index (χ4n) is 4.17. The highest BCUT2D eigenvalue weighted by Gasteiger charge is 2.53. The molecule has 15 heteroatoms. The predicted octanol–water partition coefficient (Wildman–Crippen LogP) is 1.80. The van der Waals surface area contributed by atoms with Crippen molar-refractivity contribution >= 4 is 36.9 Å². The van der Waals surface area contributed by atoms with Crippen LogP contribution in [-0.4, -0.2) is 73.1 Å². The summed E-state index contributed by atoms with van der Waals surface area (Å²) >= 11 is 0. The van der Waals surface area contributed by atoms with E-state index in [0.29, 0.717) is 17.7 Å². The van der Waals surface area contributed by atoms with Crippen LogP contribution in [-0.2, 0) is 23.3 Å². The number of amides is 2. The van der Waals surface area contributed by atoms with Crippen LogP contribution in [0, 0.1) is 0 Å². The molecule has 0 radical (unpaired) electrons. The third-order valence-electron chi connectivity index (χ3n) is 5.72. The van der Waals surface area contributed by atoms with E-state index in [9.17, 15) is 19.1 Å². The highest BCUT2D eigenvalue weighted by molar-refractivity contribution is 7.46. The number of fused-ring (bicyclic) bond motifs is 2. The first kappa shape index (κ1) is 25.4. The number of phosphoric ester groups is 1. The minimum Gasteiger partial charge on any atom is -0.347 e. The Morgan fingerprint density at radius 2 is 1.95 bits per heavy atom. The number of anilines is 1. The summed E-state index contributed by atoms with van der Waals surface area (Å²) in [6.07, 6.45) is 2.55. The molecule has 5 unspecified atom stereocenters. The van der Waals surface area contributed by atoms with E-state index < -0.39 is 51.3 Å². The molecular formula is C22H25N6O8P. The maximum Gasteiger partial charge on any atom is 0.469 e. The minimum absolute atomic E-state index is 0.206. The Bertz CT molecular complexity index is 1330. The first-order valence-electron chi connectivity index (χ1n) is 11.4. The smallest absolute Gasteiger partial charge is 0.347 e. The quantitative estimate of drug-likeness (QED) is 0.311. The lowest BCUT2D eigenvalue weighted by Gasteiger charge is -2.20. The molecule has 196 valence electrons. The van der Waals surface area contributed by atoms with Crippen LogP contribution in [0.5, 0.6) is 0 Å². The summed E-state index contributed by atoms with van der Waals surface area (Å²) in [5.74, 6) is 0.206. The number of ether oxygens (including phenoxy) is 3. The lowest BCUT2D eigenvalue weighted by atomic mass is 10.1. The number of carbonyl (C=O) groups excluding carboxylic acids is 1. The van der Waals surface area contributed by atoms with Crippen molar-refractivity contribution in [3.05, 3.63) is 54.6 Å². The third-order valence-corrected chi connectivity index (χ3v) is 6.21. The summed E-state index contributed by atoms with van der Waals surface area (Å²) in [6, 6.07) is 9.14. The molecule has 2 aliphatic rings. The molecule has 0 aliphatic carbocycles. The Morgan fingerprint density at radius 3 is 2.70 bits per heavy atom. The van der Waals surface area contributed by atoms with Crippen LogP contribution >= 0.6 is 7.82 Å². The fourth-order valence-corrected chi connectivity index (χ4v) is 4.52. The molecule has 0 spiro atoms. The van der Waals surface area contributed by atoms with Gasteiger partial charge in [-0.05, 0) is 18.6 Å². The van der Waals surface area contributed by atoms with Gasteiger partial charge in [-0.25, -0.2) is 24.3 Å². The van der Waals surface area contributed by atoms with E-state index in [4.69, 9.17) is 18.7 Å². The van der Waals surface area contributed by atoms with E-state index in [1.807, 2.05) is 36.4 Å². The fraction of sp³-hybridized carbons (Fsp3) is 0.364. The van der Waals surface area contributed by atoms with Gasteiger partial charge in [-0.1, -0.05) is 36.4 Å². The molecule has 2 aromatic heterocycles. The van der Waals surface area contributed by atoms with Crippen molar-refractivity contribution in [1.82, 2.24) is 24.8 Å².